The number of amides is 1. The smallest absolute Gasteiger partial charge is 0.231 e. The molecule has 0 saturated heterocycles. The van der Waals surface area contributed by atoms with Crippen LogP contribution in [0.1, 0.15) is 11.3 Å². The first-order valence-corrected chi connectivity index (χ1v) is 4.09. The van der Waals surface area contributed by atoms with Crippen LogP contribution >= 0.6 is 0 Å². The fourth-order valence-corrected chi connectivity index (χ4v) is 0.933. The molecule has 1 aromatic rings. The van der Waals surface area contributed by atoms with Crippen molar-refractivity contribution in [2.75, 3.05) is 6.54 Å². The van der Waals surface area contributed by atoms with Crippen LogP contribution in [0.2, 0.25) is 0 Å². The normalized spacial score (nSPS) is 9.92. The zero-order valence-corrected chi connectivity index (χ0v) is 7.58. The Balaban J connectivity index is 2.37. The van der Waals surface area contributed by atoms with Gasteiger partial charge in [0.25, 0.3) is 0 Å². The number of carbonyl (C=O) groups is 1. The van der Waals surface area contributed by atoms with Crippen LogP contribution in [0.15, 0.2) is 18.3 Å². The van der Waals surface area contributed by atoms with Gasteiger partial charge in [0.2, 0.25) is 5.91 Å². The fraction of sp³-hybridized carbons (Fsp3) is 0.333. The quantitative estimate of drug-likeness (QED) is 0.681. The van der Waals surface area contributed by atoms with Gasteiger partial charge in [0.15, 0.2) is 0 Å². The molecule has 1 amide bonds. The second-order valence-electron chi connectivity index (χ2n) is 2.88. The van der Waals surface area contributed by atoms with E-state index in [2.05, 4.69) is 10.3 Å². The number of hydrogen-bond acceptors (Lipinski definition) is 3. The zero-order valence-electron chi connectivity index (χ0n) is 7.58. The number of pyridine rings is 1. The molecule has 0 aliphatic rings. The maximum Gasteiger partial charge on any atom is 0.231 e. The Morgan fingerprint density at radius 3 is 2.92 bits per heavy atom. The van der Waals surface area contributed by atoms with Gasteiger partial charge in [0, 0.05) is 18.4 Å². The minimum Gasteiger partial charge on any atom is -0.369 e. The summed E-state index contributed by atoms with van der Waals surface area (Å²) in [5.74, 6) is -0.347. The van der Waals surface area contributed by atoms with Gasteiger partial charge in [-0.3, -0.25) is 9.78 Å². The number of nitrogens with two attached hydrogens (primary N) is 1. The van der Waals surface area contributed by atoms with Gasteiger partial charge in [0.1, 0.15) is 0 Å². The summed E-state index contributed by atoms with van der Waals surface area (Å²) < 4.78 is 0. The van der Waals surface area contributed by atoms with E-state index in [1.165, 1.54) is 0 Å². The second-order valence-corrected chi connectivity index (χ2v) is 2.88. The number of nitrogens with zero attached hydrogens (tertiary/aromatic N) is 1. The lowest BCUT2D eigenvalue weighted by Gasteiger charge is -2.01. The van der Waals surface area contributed by atoms with Crippen molar-refractivity contribution in [2.45, 2.75) is 13.5 Å². The summed E-state index contributed by atoms with van der Waals surface area (Å²) in [6.07, 6.45) is 1.78. The third-order valence-electron chi connectivity index (χ3n) is 1.60. The van der Waals surface area contributed by atoms with Crippen LogP contribution in [0.3, 0.4) is 0 Å². The standard InChI is InChI=1S/C9H13N3O/c1-7-2-3-8(5-12-7)4-11-6-9(10)13/h2-3,5,11H,4,6H2,1H3,(H2,10,13). The SMILES string of the molecule is Cc1ccc(CNCC(N)=O)cn1. The molecule has 4 nitrogen and oxygen atoms in total. The molecular weight excluding hydrogens is 166 g/mol. The Bertz CT molecular complexity index is 281. The molecule has 0 atom stereocenters. The molecule has 13 heavy (non-hydrogen) atoms. The first-order valence-electron chi connectivity index (χ1n) is 4.09. The number of aromatic nitrogens is 1. The van der Waals surface area contributed by atoms with Crippen LogP contribution in [0, 0.1) is 6.92 Å². The minimum absolute atomic E-state index is 0.202. The molecule has 0 unspecified atom stereocenters. The predicted molar refractivity (Wildman–Crippen MR) is 49.9 cm³/mol. The number of rotatable bonds is 4. The molecule has 1 heterocycles. The fourth-order valence-electron chi connectivity index (χ4n) is 0.933. The maximum absolute atomic E-state index is 10.4. The van der Waals surface area contributed by atoms with Gasteiger partial charge in [0.05, 0.1) is 6.54 Å². The van der Waals surface area contributed by atoms with Gasteiger partial charge >= 0.3 is 0 Å². The van der Waals surface area contributed by atoms with Gasteiger partial charge in [-0.15, -0.1) is 0 Å². The van der Waals surface area contributed by atoms with Gasteiger partial charge in [-0.25, -0.2) is 0 Å². The van der Waals surface area contributed by atoms with Gasteiger partial charge in [-0.05, 0) is 18.6 Å². The lowest BCUT2D eigenvalue weighted by Crippen LogP contribution is -2.28. The monoisotopic (exact) mass is 179 g/mol. The number of primary amides is 1. The first-order chi connectivity index (χ1) is 6.18. The van der Waals surface area contributed by atoms with Crippen LogP contribution < -0.4 is 11.1 Å². The van der Waals surface area contributed by atoms with Crippen molar-refractivity contribution >= 4 is 5.91 Å². The minimum atomic E-state index is -0.347. The summed E-state index contributed by atoms with van der Waals surface area (Å²) in [6, 6.07) is 3.90. The van der Waals surface area contributed by atoms with E-state index >= 15 is 0 Å². The van der Waals surface area contributed by atoms with Crippen molar-refractivity contribution in [3.63, 3.8) is 0 Å². The second kappa shape index (κ2) is 4.57. The van der Waals surface area contributed by atoms with Crippen LogP contribution in [-0.2, 0) is 11.3 Å². The summed E-state index contributed by atoms with van der Waals surface area (Å²) in [5.41, 5.74) is 7.00. The summed E-state index contributed by atoms with van der Waals surface area (Å²) in [5, 5.41) is 2.91. The van der Waals surface area contributed by atoms with E-state index in [0.717, 1.165) is 11.3 Å². The van der Waals surface area contributed by atoms with Gasteiger partial charge < -0.3 is 11.1 Å². The topological polar surface area (TPSA) is 68.0 Å². The van der Waals surface area contributed by atoms with Crippen LogP contribution in [0.25, 0.3) is 0 Å². The Morgan fingerprint density at radius 2 is 2.38 bits per heavy atom. The average Bonchev–Trinajstić information content (AvgIpc) is 2.08. The Kier molecular flexibility index (Phi) is 3.40. The Morgan fingerprint density at radius 1 is 1.62 bits per heavy atom. The van der Waals surface area contributed by atoms with Crippen molar-refractivity contribution in [3.05, 3.63) is 29.6 Å². The summed E-state index contributed by atoms with van der Waals surface area (Å²) in [6.45, 7) is 2.75. The molecule has 3 N–H and O–H groups in total. The molecule has 0 aromatic carbocycles. The molecular formula is C9H13N3O. The molecule has 0 spiro atoms. The Hall–Kier alpha value is -1.42. The van der Waals surface area contributed by atoms with Crippen molar-refractivity contribution in [2.24, 2.45) is 5.73 Å². The van der Waals surface area contributed by atoms with E-state index in [0.29, 0.717) is 6.54 Å². The van der Waals surface area contributed by atoms with E-state index < -0.39 is 0 Å². The van der Waals surface area contributed by atoms with E-state index in [4.69, 9.17) is 5.73 Å². The Labute approximate surface area is 77.2 Å². The van der Waals surface area contributed by atoms with Crippen molar-refractivity contribution in [1.82, 2.24) is 10.3 Å². The van der Waals surface area contributed by atoms with Crippen molar-refractivity contribution < 1.29 is 4.79 Å². The first kappa shape index (κ1) is 9.67. The zero-order chi connectivity index (χ0) is 9.68. The van der Waals surface area contributed by atoms with E-state index in [-0.39, 0.29) is 12.5 Å². The molecule has 0 radical (unpaired) electrons. The summed E-state index contributed by atoms with van der Waals surface area (Å²) in [4.78, 5) is 14.5. The molecule has 4 heteroatoms. The molecule has 1 rings (SSSR count). The van der Waals surface area contributed by atoms with E-state index in [1.807, 2.05) is 19.1 Å². The number of hydrogen-bond donors (Lipinski definition) is 2. The molecule has 0 aliphatic carbocycles. The van der Waals surface area contributed by atoms with Crippen LogP contribution in [0.5, 0.6) is 0 Å². The molecule has 0 aliphatic heterocycles. The number of aryl methyl sites for hydroxylation is 1. The lowest BCUT2D eigenvalue weighted by molar-refractivity contribution is -0.117. The highest BCUT2D eigenvalue weighted by Crippen LogP contribution is 1.97. The van der Waals surface area contributed by atoms with Crippen molar-refractivity contribution in [1.29, 1.82) is 0 Å². The van der Waals surface area contributed by atoms with Crippen molar-refractivity contribution in [3.8, 4) is 0 Å². The third-order valence-corrected chi connectivity index (χ3v) is 1.60. The molecule has 70 valence electrons. The third kappa shape index (κ3) is 3.66. The van der Waals surface area contributed by atoms with Gasteiger partial charge in [-0.1, -0.05) is 6.07 Å². The average molecular weight is 179 g/mol. The lowest BCUT2D eigenvalue weighted by atomic mass is 10.2. The largest absolute Gasteiger partial charge is 0.369 e. The molecule has 0 saturated carbocycles. The van der Waals surface area contributed by atoms with E-state index in [1.54, 1.807) is 6.20 Å². The predicted octanol–water partition coefficient (Wildman–Crippen LogP) is -0.0351. The van der Waals surface area contributed by atoms with Crippen LogP contribution in [-0.4, -0.2) is 17.4 Å². The number of carbonyl (C=O) groups excluding carboxylic acids is 1. The highest BCUT2D eigenvalue weighted by atomic mass is 16.1. The van der Waals surface area contributed by atoms with Crippen LogP contribution in [0.4, 0.5) is 0 Å². The molecule has 0 fully saturated rings. The van der Waals surface area contributed by atoms with Gasteiger partial charge in [-0.2, -0.15) is 0 Å². The highest BCUT2D eigenvalue weighted by molar-refractivity contribution is 5.75. The highest BCUT2D eigenvalue weighted by Gasteiger charge is 1.94. The van der Waals surface area contributed by atoms with E-state index in [9.17, 15) is 4.79 Å². The molecule has 0 bridgehead atoms. The molecule has 1 aromatic heterocycles. The summed E-state index contributed by atoms with van der Waals surface area (Å²) in [7, 11) is 0. The number of nitrogens with one attached hydrogen (secondary N) is 1. The summed E-state index contributed by atoms with van der Waals surface area (Å²) >= 11 is 0. The maximum atomic E-state index is 10.4.